The molecule has 26 heavy (non-hydrogen) atoms. The van der Waals surface area contributed by atoms with Crippen molar-refractivity contribution in [3.05, 3.63) is 48.0 Å². The van der Waals surface area contributed by atoms with E-state index in [0.29, 0.717) is 23.6 Å². The minimum absolute atomic E-state index is 0.0110. The zero-order chi connectivity index (χ0) is 18.5. The fraction of sp³-hybridized carbons (Fsp3) is 0.316. The number of ether oxygens (including phenoxy) is 3. The molecular formula is C19H21NO6. The number of aliphatic hydroxyl groups excluding tert-OH is 1. The fourth-order valence-electron chi connectivity index (χ4n) is 2.77. The molecule has 0 unspecified atom stereocenters. The first kappa shape index (κ1) is 17.9. The summed E-state index contributed by atoms with van der Waals surface area (Å²) in [5, 5.41) is 21.3. The van der Waals surface area contributed by atoms with Crippen LogP contribution in [0.25, 0.3) is 0 Å². The second-order valence-electron chi connectivity index (χ2n) is 6.10. The van der Waals surface area contributed by atoms with Crippen LogP contribution in [0.2, 0.25) is 0 Å². The first-order chi connectivity index (χ1) is 12.6. The van der Waals surface area contributed by atoms with Crippen molar-refractivity contribution >= 4 is 11.8 Å². The van der Waals surface area contributed by atoms with Crippen LogP contribution in [0, 0.1) is 5.92 Å². The Kier molecular flexibility index (Phi) is 5.48. The van der Waals surface area contributed by atoms with Crippen molar-refractivity contribution in [2.45, 2.75) is 19.4 Å². The van der Waals surface area contributed by atoms with Gasteiger partial charge in [-0.15, -0.1) is 0 Å². The van der Waals surface area contributed by atoms with Crippen LogP contribution in [-0.4, -0.2) is 29.7 Å². The van der Waals surface area contributed by atoms with Crippen LogP contribution in [-0.2, 0) is 4.74 Å². The zero-order valence-electron chi connectivity index (χ0n) is 14.3. The Bertz CT molecular complexity index is 761. The number of fused-ring (bicyclic) bond motifs is 1. The van der Waals surface area contributed by atoms with Crippen LogP contribution in [0.5, 0.6) is 17.2 Å². The van der Waals surface area contributed by atoms with Crippen LogP contribution < -0.4 is 14.8 Å². The van der Waals surface area contributed by atoms with Crippen LogP contribution in [0.3, 0.4) is 0 Å². The topological polar surface area (TPSA) is 97.3 Å². The van der Waals surface area contributed by atoms with E-state index < -0.39 is 12.2 Å². The summed E-state index contributed by atoms with van der Waals surface area (Å²) in [5.74, 6) is 1.22. The van der Waals surface area contributed by atoms with Crippen LogP contribution in [0.4, 0.5) is 10.5 Å². The molecule has 7 nitrogen and oxygen atoms in total. The van der Waals surface area contributed by atoms with E-state index in [0.717, 1.165) is 5.56 Å². The Labute approximate surface area is 151 Å². The van der Waals surface area contributed by atoms with E-state index >= 15 is 0 Å². The molecule has 0 spiro atoms. The van der Waals surface area contributed by atoms with Gasteiger partial charge in [0.05, 0.1) is 0 Å². The number of aliphatic hydroxyl groups is 1. The van der Waals surface area contributed by atoms with E-state index in [9.17, 15) is 15.0 Å². The molecule has 3 rings (SSSR count). The minimum atomic E-state index is -0.619. The van der Waals surface area contributed by atoms with Crippen LogP contribution in [0.15, 0.2) is 42.5 Å². The van der Waals surface area contributed by atoms with Crippen LogP contribution >= 0.6 is 0 Å². The molecule has 0 fully saturated rings. The predicted molar refractivity (Wildman–Crippen MR) is 94.4 cm³/mol. The highest BCUT2D eigenvalue weighted by Crippen LogP contribution is 2.35. The highest BCUT2D eigenvalue weighted by atomic mass is 16.7. The number of carbonyl (C=O) groups is 1. The van der Waals surface area contributed by atoms with Crippen molar-refractivity contribution in [2.24, 2.45) is 5.92 Å². The van der Waals surface area contributed by atoms with Gasteiger partial charge in [-0.25, -0.2) is 4.79 Å². The number of phenols is 1. The maximum absolute atomic E-state index is 12.4. The summed E-state index contributed by atoms with van der Waals surface area (Å²) in [4.78, 5) is 12.4. The lowest BCUT2D eigenvalue weighted by atomic mass is 9.94. The molecule has 7 heteroatoms. The van der Waals surface area contributed by atoms with E-state index in [1.165, 1.54) is 12.1 Å². The van der Waals surface area contributed by atoms with Crippen molar-refractivity contribution in [1.82, 2.24) is 0 Å². The van der Waals surface area contributed by atoms with Gasteiger partial charge in [-0.1, -0.05) is 19.1 Å². The van der Waals surface area contributed by atoms with Gasteiger partial charge in [0.1, 0.15) is 11.9 Å². The zero-order valence-corrected chi connectivity index (χ0v) is 14.3. The Morgan fingerprint density at radius 1 is 1.19 bits per heavy atom. The van der Waals surface area contributed by atoms with Gasteiger partial charge < -0.3 is 24.4 Å². The van der Waals surface area contributed by atoms with Gasteiger partial charge in [0.25, 0.3) is 0 Å². The molecule has 1 amide bonds. The highest BCUT2D eigenvalue weighted by molar-refractivity contribution is 5.85. The summed E-state index contributed by atoms with van der Waals surface area (Å²) in [7, 11) is 0. The molecule has 1 heterocycles. The normalized spacial score (nSPS) is 14.5. The molecule has 0 saturated heterocycles. The quantitative estimate of drug-likeness (QED) is 0.731. The molecule has 0 aliphatic carbocycles. The molecule has 0 saturated carbocycles. The molecular weight excluding hydrogens is 338 g/mol. The summed E-state index contributed by atoms with van der Waals surface area (Å²) in [6.45, 7) is 2.04. The second kappa shape index (κ2) is 7.97. The van der Waals surface area contributed by atoms with E-state index in [-0.39, 0.29) is 25.1 Å². The van der Waals surface area contributed by atoms with Gasteiger partial charge in [-0.2, -0.15) is 0 Å². The average molecular weight is 359 g/mol. The van der Waals surface area contributed by atoms with E-state index in [4.69, 9.17) is 14.2 Å². The summed E-state index contributed by atoms with van der Waals surface area (Å²) < 4.78 is 16.1. The third kappa shape index (κ3) is 4.18. The number of rotatable bonds is 6. The Morgan fingerprint density at radius 3 is 2.65 bits per heavy atom. The number of phenolic OH excluding ortho intramolecular Hbond substituents is 1. The third-order valence-electron chi connectivity index (χ3n) is 4.18. The Balaban J connectivity index is 1.71. The van der Waals surface area contributed by atoms with Gasteiger partial charge >= 0.3 is 6.09 Å². The smallest absolute Gasteiger partial charge is 0.412 e. The number of amides is 1. The summed E-state index contributed by atoms with van der Waals surface area (Å²) in [6, 6.07) is 11.5. The monoisotopic (exact) mass is 359 g/mol. The van der Waals surface area contributed by atoms with Crippen molar-refractivity contribution in [2.75, 3.05) is 18.7 Å². The number of anilines is 1. The standard InChI is InChI=1S/C19H21NO6/c1-12(8-9-21)18(13-2-5-15(22)6-3-13)26-19(23)20-14-4-7-16-17(10-14)25-11-24-16/h2-7,10,12,18,21-22H,8-9,11H2,1H3,(H,20,23)/t12-,18+/m0/s1. The lowest BCUT2D eigenvalue weighted by Gasteiger charge is -2.24. The van der Waals surface area contributed by atoms with Gasteiger partial charge in [0, 0.05) is 18.4 Å². The van der Waals surface area contributed by atoms with Crippen molar-refractivity contribution in [3.8, 4) is 17.2 Å². The summed E-state index contributed by atoms with van der Waals surface area (Å²) >= 11 is 0. The number of aromatic hydroxyl groups is 1. The fourth-order valence-corrected chi connectivity index (χ4v) is 2.77. The van der Waals surface area contributed by atoms with Crippen molar-refractivity contribution < 1.29 is 29.2 Å². The van der Waals surface area contributed by atoms with Crippen molar-refractivity contribution in [3.63, 3.8) is 0 Å². The number of hydrogen-bond donors (Lipinski definition) is 3. The molecule has 2 atom stereocenters. The summed E-state index contributed by atoms with van der Waals surface area (Å²) in [5.41, 5.74) is 1.27. The SMILES string of the molecule is C[C@@H](CCO)[C@@H](OC(=O)Nc1ccc2c(c1)OCO2)c1ccc(O)cc1. The molecule has 1 aliphatic heterocycles. The first-order valence-electron chi connectivity index (χ1n) is 8.34. The molecule has 0 radical (unpaired) electrons. The molecule has 0 aromatic heterocycles. The van der Waals surface area contributed by atoms with E-state index in [2.05, 4.69) is 5.32 Å². The Hall–Kier alpha value is -2.93. The first-order valence-corrected chi connectivity index (χ1v) is 8.34. The van der Waals surface area contributed by atoms with Crippen LogP contribution in [0.1, 0.15) is 25.0 Å². The molecule has 0 bridgehead atoms. The molecule has 1 aliphatic rings. The maximum atomic E-state index is 12.4. The van der Waals surface area contributed by atoms with Gasteiger partial charge in [0.2, 0.25) is 6.79 Å². The molecule has 2 aromatic rings. The minimum Gasteiger partial charge on any atom is -0.508 e. The van der Waals surface area contributed by atoms with Gasteiger partial charge in [0.15, 0.2) is 11.5 Å². The van der Waals surface area contributed by atoms with Gasteiger partial charge in [-0.3, -0.25) is 5.32 Å². The Morgan fingerprint density at radius 2 is 1.92 bits per heavy atom. The predicted octanol–water partition coefficient (Wildman–Crippen LogP) is 3.43. The third-order valence-corrected chi connectivity index (χ3v) is 4.18. The summed E-state index contributed by atoms with van der Waals surface area (Å²) in [6.07, 6.45) is -0.702. The largest absolute Gasteiger partial charge is 0.508 e. The number of nitrogens with one attached hydrogen (secondary N) is 1. The van der Waals surface area contributed by atoms with E-state index in [1.807, 2.05) is 6.92 Å². The highest BCUT2D eigenvalue weighted by Gasteiger charge is 2.24. The molecule has 3 N–H and O–H groups in total. The molecule has 138 valence electrons. The average Bonchev–Trinajstić information content (AvgIpc) is 3.08. The van der Waals surface area contributed by atoms with E-state index in [1.54, 1.807) is 30.3 Å². The van der Waals surface area contributed by atoms with Crippen molar-refractivity contribution in [1.29, 1.82) is 0 Å². The number of benzene rings is 2. The lowest BCUT2D eigenvalue weighted by Crippen LogP contribution is -2.22. The maximum Gasteiger partial charge on any atom is 0.412 e. The number of carbonyl (C=O) groups excluding carboxylic acids is 1. The van der Waals surface area contributed by atoms with Gasteiger partial charge in [-0.05, 0) is 42.2 Å². The molecule has 2 aromatic carbocycles. The second-order valence-corrected chi connectivity index (χ2v) is 6.10. The lowest BCUT2D eigenvalue weighted by molar-refractivity contribution is 0.0667. The number of hydrogen-bond acceptors (Lipinski definition) is 6.